The molecule has 3 nitrogen and oxygen atoms in total. The Morgan fingerprint density at radius 1 is 1.06 bits per heavy atom. The van der Waals surface area contributed by atoms with Gasteiger partial charge in [0, 0.05) is 12.3 Å². The van der Waals surface area contributed by atoms with Crippen LogP contribution in [0.5, 0.6) is 0 Å². The van der Waals surface area contributed by atoms with Gasteiger partial charge in [0.2, 0.25) is 11.8 Å². The maximum absolute atomic E-state index is 11.6. The molecule has 90 valence electrons. The van der Waals surface area contributed by atoms with E-state index in [1.165, 1.54) is 25.7 Å². The van der Waals surface area contributed by atoms with Crippen LogP contribution < -0.4 is 5.32 Å². The number of nitrogens with one attached hydrogen (secondary N) is 1. The van der Waals surface area contributed by atoms with Crippen molar-refractivity contribution in [3.63, 3.8) is 0 Å². The van der Waals surface area contributed by atoms with Gasteiger partial charge in [-0.25, -0.2) is 0 Å². The van der Waals surface area contributed by atoms with Crippen molar-refractivity contribution in [3.8, 4) is 0 Å². The molecule has 2 rings (SSSR count). The monoisotopic (exact) mass is 223 g/mol. The zero-order valence-electron chi connectivity index (χ0n) is 10.2. The average molecular weight is 223 g/mol. The third kappa shape index (κ3) is 2.28. The second-order valence-corrected chi connectivity index (χ2v) is 5.59. The molecule has 2 aliphatic rings. The van der Waals surface area contributed by atoms with Gasteiger partial charge in [-0.1, -0.05) is 26.7 Å². The molecule has 2 unspecified atom stereocenters. The van der Waals surface area contributed by atoms with Crippen LogP contribution >= 0.6 is 0 Å². The van der Waals surface area contributed by atoms with Crippen molar-refractivity contribution in [2.24, 2.45) is 23.7 Å². The Morgan fingerprint density at radius 3 is 2.31 bits per heavy atom. The van der Waals surface area contributed by atoms with Crippen LogP contribution in [0.2, 0.25) is 0 Å². The Labute approximate surface area is 97.0 Å². The van der Waals surface area contributed by atoms with E-state index in [9.17, 15) is 9.59 Å². The molecule has 1 heterocycles. The van der Waals surface area contributed by atoms with Crippen molar-refractivity contribution >= 4 is 11.8 Å². The predicted octanol–water partition coefficient (Wildman–Crippen LogP) is 2.11. The molecule has 1 N–H and O–H groups in total. The molecule has 1 aliphatic carbocycles. The van der Waals surface area contributed by atoms with Crippen molar-refractivity contribution in [3.05, 3.63) is 0 Å². The molecule has 0 aromatic rings. The second kappa shape index (κ2) is 4.56. The molecular weight excluding hydrogens is 202 g/mol. The van der Waals surface area contributed by atoms with E-state index in [2.05, 4.69) is 12.2 Å². The Morgan fingerprint density at radius 2 is 1.69 bits per heavy atom. The van der Waals surface area contributed by atoms with Gasteiger partial charge in [0.05, 0.1) is 0 Å². The summed E-state index contributed by atoms with van der Waals surface area (Å²) in [4.78, 5) is 23.0. The molecule has 0 aromatic carbocycles. The Hall–Kier alpha value is -0.860. The lowest BCUT2D eigenvalue weighted by molar-refractivity contribution is -0.140. The number of rotatable bonds is 1. The maximum atomic E-state index is 11.6. The minimum atomic E-state index is -0.0771. The summed E-state index contributed by atoms with van der Waals surface area (Å²) in [5.74, 6) is 1.55. The number of hydrogen-bond acceptors (Lipinski definition) is 2. The highest BCUT2D eigenvalue weighted by Crippen LogP contribution is 2.39. The Balaban J connectivity index is 2.01. The molecule has 0 aromatic heterocycles. The van der Waals surface area contributed by atoms with Crippen LogP contribution in [0.25, 0.3) is 0 Å². The van der Waals surface area contributed by atoms with Crippen LogP contribution in [0.3, 0.4) is 0 Å². The molecule has 0 bridgehead atoms. The smallest absolute Gasteiger partial charge is 0.229 e. The van der Waals surface area contributed by atoms with E-state index in [1.54, 1.807) is 0 Å². The number of piperidine rings is 1. The summed E-state index contributed by atoms with van der Waals surface area (Å²) in [5, 5.41) is 2.43. The van der Waals surface area contributed by atoms with Gasteiger partial charge in [0.25, 0.3) is 0 Å². The van der Waals surface area contributed by atoms with Gasteiger partial charge in [0.15, 0.2) is 0 Å². The summed E-state index contributed by atoms with van der Waals surface area (Å²) >= 11 is 0. The van der Waals surface area contributed by atoms with E-state index in [1.807, 2.05) is 6.92 Å². The van der Waals surface area contributed by atoms with E-state index in [4.69, 9.17) is 0 Å². The lowest BCUT2D eigenvalue weighted by atomic mass is 9.69. The molecule has 1 aliphatic heterocycles. The fourth-order valence-corrected chi connectivity index (χ4v) is 3.18. The zero-order valence-corrected chi connectivity index (χ0v) is 10.2. The first kappa shape index (κ1) is 11.6. The minimum Gasteiger partial charge on any atom is -0.296 e. The molecule has 2 amide bonds. The summed E-state index contributed by atoms with van der Waals surface area (Å²) in [6.07, 6.45) is 5.44. The maximum Gasteiger partial charge on any atom is 0.229 e. The van der Waals surface area contributed by atoms with Crippen LogP contribution in [0.4, 0.5) is 0 Å². The van der Waals surface area contributed by atoms with Crippen LogP contribution in [0.15, 0.2) is 0 Å². The summed E-state index contributed by atoms with van der Waals surface area (Å²) < 4.78 is 0. The fraction of sp³-hybridized carbons (Fsp3) is 0.846. The van der Waals surface area contributed by atoms with Gasteiger partial charge >= 0.3 is 0 Å². The highest BCUT2D eigenvalue weighted by Gasteiger charge is 2.38. The van der Waals surface area contributed by atoms with E-state index < -0.39 is 0 Å². The minimum absolute atomic E-state index is 0.0103. The SMILES string of the molecule is CC1CCC(C2CC(=O)NC(=O)C2C)CC1. The second-order valence-electron chi connectivity index (χ2n) is 5.59. The third-order valence-corrected chi connectivity index (χ3v) is 4.41. The lowest BCUT2D eigenvalue weighted by Gasteiger charge is -2.37. The summed E-state index contributed by atoms with van der Waals surface area (Å²) in [6.45, 7) is 4.25. The standard InChI is InChI=1S/C13H21NO2/c1-8-3-5-10(6-4-8)11-7-12(15)14-13(16)9(11)2/h8-11H,3-7H2,1-2H3,(H,14,15,16). The lowest BCUT2D eigenvalue weighted by Crippen LogP contribution is -2.47. The van der Waals surface area contributed by atoms with Gasteiger partial charge in [-0.05, 0) is 30.6 Å². The molecule has 3 heteroatoms. The number of carbonyl (C=O) groups excluding carboxylic acids is 2. The van der Waals surface area contributed by atoms with Gasteiger partial charge in [-0.15, -0.1) is 0 Å². The molecule has 0 spiro atoms. The van der Waals surface area contributed by atoms with Gasteiger partial charge in [0.1, 0.15) is 0 Å². The summed E-state index contributed by atoms with van der Waals surface area (Å²) in [7, 11) is 0. The number of carbonyl (C=O) groups is 2. The molecular formula is C13H21NO2. The predicted molar refractivity (Wildman–Crippen MR) is 61.5 cm³/mol. The van der Waals surface area contributed by atoms with Crippen molar-refractivity contribution in [1.29, 1.82) is 0 Å². The van der Waals surface area contributed by atoms with E-state index in [0.29, 0.717) is 12.3 Å². The van der Waals surface area contributed by atoms with Gasteiger partial charge in [-0.3, -0.25) is 14.9 Å². The normalized spacial score (nSPS) is 40.6. The van der Waals surface area contributed by atoms with Crippen LogP contribution in [-0.2, 0) is 9.59 Å². The molecule has 2 atom stereocenters. The van der Waals surface area contributed by atoms with Crippen molar-refractivity contribution in [1.82, 2.24) is 5.32 Å². The topological polar surface area (TPSA) is 46.2 Å². The number of hydrogen-bond donors (Lipinski definition) is 1. The fourth-order valence-electron chi connectivity index (χ4n) is 3.18. The van der Waals surface area contributed by atoms with Crippen LogP contribution in [0, 0.1) is 23.7 Å². The van der Waals surface area contributed by atoms with Crippen molar-refractivity contribution in [2.45, 2.75) is 46.0 Å². The van der Waals surface area contributed by atoms with Crippen molar-refractivity contribution in [2.75, 3.05) is 0 Å². The third-order valence-electron chi connectivity index (χ3n) is 4.41. The highest BCUT2D eigenvalue weighted by atomic mass is 16.2. The molecule has 16 heavy (non-hydrogen) atoms. The number of amides is 2. The van der Waals surface area contributed by atoms with Crippen LogP contribution in [0.1, 0.15) is 46.0 Å². The molecule has 2 fully saturated rings. The highest BCUT2D eigenvalue weighted by molar-refractivity contribution is 5.98. The quantitative estimate of drug-likeness (QED) is 0.692. The van der Waals surface area contributed by atoms with E-state index in [0.717, 1.165) is 5.92 Å². The average Bonchev–Trinajstić information content (AvgIpc) is 2.25. The van der Waals surface area contributed by atoms with Crippen LogP contribution in [-0.4, -0.2) is 11.8 Å². The first-order chi connectivity index (χ1) is 7.58. The number of imide groups is 1. The molecule has 1 saturated carbocycles. The van der Waals surface area contributed by atoms with Crippen molar-refractivity contribution < 1.29 is 9.59 Å². The zero-order chi connectivity index (χ0) is 11.7. The molecule has 1 saturated heterocycles. The Kier molecular flexibility index (Phi) is 3.31. The molecule has 0 radical (unpaired) electrons. The first-order valence-corrected chi connectivity index (χ1v) is 6.41. The first-order valence-electron chi connectivity index (χ1n) is 6.41. The van der Waals surface area contributed by atoms with E-state index in [-0.39, 0.29) is 23.7 Å². The van der Waals surface area contributed by atoms with Gasteiger partial charge in [-0.2, -0.15) is 0 Å². The summed E-state index contributed by atoms with van der Waals surface area (Å²) in [5.41, 5.74) is 0. The van der Waals surface area contributed by atoms with E-state index >= 15 is 0 Å². The summed E-state index contributed by atoms with van der Waals surface area (Å²) in [6, 6.07) is 0. The largest absolute Gasteiger partial charge is 0.296 e. The Bertz CT molecular complexity index is 292. The van der Waals surface area contributed by atoms with Gasteiger partial charge < -0.3 is 0 Å².